The largest absolute Gasteiger partial charge is 0.493 e. The Hall–Kier alpha value is -1.56. The van der Waals surface area contributed by atoms with Gasteiger partial charge in [-0.25, -0.2) is 0 Å². The van der Waals surface area contributed by atoms with Crippen molar-refractivity contribution < 1.29 is 19.3 Å². The highest BCUT2D eigenvalue weighted by molar-refractivity contribution is 5.66. The van der Waals surface area contributed by atoms with Crippen molar-refractivity contribution in [3.8, 4) is 11.5 Å². The zero-order valence-electron chi connectivity index (χ0n) is 15.0. The quantitative estimate of drug-likeness (QED) is 0.909. The molecule has 0 aromatic heterocycles. The summed E-state index contributed by atoms with van der Waals surface area (Å²) in [5.74, 6) is 1.61. The molecular weight excluding hydrogens is 318 g/mol. The molecule has 2 aliphatic heterocycles. The number of fused-ring (bicyclic) bond motifs is 2. The first-order chi connectivity index (χ1) is 12.1. The molecule has 25 heavy (non-hydrogen) atoms. The van der Waals surface area contributed by atoms with Crippen molar-refractivity contribution in [2.45, 2.75) is 43.4 Å². The SMILES string of the molecule is COc1cccc2c1OCC(CN1CC[C@]3(OC)CC[C@@H](O)C[C@H]13)=C2. The van der Waals surface area contributed by atoms with Crippen molar-refractivity contribution >= 4 is 6.08 Å². The third-order valence-electron chi connectivity index (χ3n) is 6.07. The lowest BCUT2D eigenvalue weighted by molar-refractivity contribution is -0.0859. The average molecular weight is 345 g/mol. The van der Waals surface area contributed by atoms with E-state index in [0.717, 1.165) is 55.8 Å². The highest BCUT2D eigenvalue weighted by Gasteiger charge is 2.50. The number of hydrogen-bond acceptors (Lipinski definition) is 5. The lowest BCUT2D eigenvalue weighted by Crippen LogP contribution is -2.51. The predicted octanol–water partition coefficient (Wildman–Crippen LogP) is 2.48. The van der Waals surface area contributed by atoms with Gasteiger partial charge in [0.15, 0.2) is 11.5 Å². The number of likely N-dealkylation sites (tertiary alicyclic amines) is 1. The van der Waals surface area contributed by atoms with Crippen LogP contribution in [0.15, 0.2) is 23.8 Å². The fourth-order valence-corrected chi connectivity index (χ4v) is 4.70. The molecule has 1 aromatic rings. The number of ether oxygens (including phenoxy) is 3. The maximum absolute atomic E-state index is 10.1. The van der Waals surface area contributed by atoms with Gasteiger partial charge in [-0.15, -0.1) is 0 Å². The second-order valence-electron chi connectivity index (χ2n) is 7.40. The Balaban J connectivity index is 1.53. The lowest BCUT2D eigenvalue weighted by atomic mass is 9.79. The summed E-state index contributed by atoms with van der Waals surface area (Å²) in [6, 6.07) is 6.26. The van der Waals surface area contributed by atoms with Crippen molar-refractivity contribution in [3.63, 3.8) is 0 Å². The predicted molar refractivity (Wildman–Crippen MR) is 96.0 cm³/mol. The van der Waals surface area contributed by atoms with E-state index in [0.29, 0.717) is 6.61 Å². The summed E-state index contributed by atoms with van der Waals surface area (Å²) < 4.78 is 17.3. The Bertz CT molecular complexity index is 674. The summed E-state index contributed by atoms with van der Waals surface area (Å²) >= 11 is 0. The molecule has 3 aliphatic rings. The minimum atomic E-state index is -0.213. The monoisotopic (exact) mass is 345 g/mol. The number of nitrogens with zero attached hydrogens (tertiary/aromatic N) is 1. The van der Waals surface area contributed by atoms with Crippen LogP contribution < -0.4 is 9.47 Å². The molecule has 4 rings (SSSR count). The summed E-state index contributed by atoms with van der Waals surface area (Å²) in [6.45, 7) is 2.45. The van der Waals surface area contributed by atoms with Gasteiger partial charge in [0.25, 0.3) is 0 Å². The van der Waals surface area contributed by atoms with Gasteiger partial charge in [0.05, 0.1) is 18.8 Å². The van der Waals surface area contributed by atoms with Gasteiger partial charge in [-0.3, -0.25) is 4.90 Å². The Morgan fingerprint density at radius 2 is 2.20 bits per heavy atom. The molecule has 1 saturated heterocycles. The van der Waals surface area contributed by atoms with Crippen LogP contribution in [0.3, 0.4) is 0 Å². The summed E-state index contributed by atoms with van der Waals surface area (Å²) in [4.78, 5) is 2.46. The zero-order chi connectivity index (χ0) is 17.4. The zero-order valence-corrected chi connectivity index (χ0v) is 15.0. The van der Waals surface area contributed by atoms with Crippen LogP contribution in [0.2, 0.25) is 0 Å². The molecule has 2 heterocycles. The first-order valence-electron chi connectivity index (χ1n) is 9.12. The molecule has 136 valence electrons. The van der Waals surface area contributed by atoms with Crippen LogP contribution in [0.1, 0.15) is 31.2 Å². The first kappa shape index (κ1) is 16.9. The molecule has 0 amide bonds. The number of aliphatic hydroxyl groups is 1. The van der Waals surface area contributed by atoms with Gasteiger partial charge < -0.3 is 19.3 Å². The molecule has 1 N–H and O–H groups in total. The molecule has 5 heteroatoms. The van der Waals surface area contributed by atoms with E-state index in [1.54, 1.807) is 7.11 Å². The van der Waals surface area contributed by atoms with E-state index in [4.69, 9.17) is 14.2 Å². The van der Waals surface area contributed by atoms with E-state index in [-0.39, 0.29) is 17.7 Å². The molecular formula is C20H27NO4. The van der Waals surface area contributed by atoms with Gasteiger partial charge in [-0.2, -0.15) is 0 Å². The molecule has 1 aromatic carbocycles. The van der Waals surface area contributed by atoms with E-state index < -0.39 is 0 Å². The number of para-hydroxylation sites is 1. The van der Waals surface area contributed by atoms with Crippen LogP contribution in [0.5, 0.6) is 11.5 Å². The maximum Gasteiger partial charge on any atom is 0.168 e. The average Bonchev–Trinajstić information content (AvgIpc) is 2.99. The van der Waals surface area contributed by atoms with Gasteiger partial charge in [0.1, 0.15) is 6.61 Å². The number of hydrogen-bond donors (Lipinski definition) is 1. The van der Waals surface area contributed by atoms with Crippen LogP contribution in [-0.2, 0) is 4.74 Å². The molecule has 0 unspecified atom stereocenters. The smallest absolute Gasteiger partial charge is 0.168 e. The standard InChI is InChI=1S/C20H27NO4/c1-23-17-5-3-4-15-10-14(13-25-19(15)17)12-21-9-8-20(24-2)7-6-16(22)11-18(20)21/h3-5,10,16,18,22H,6-9,11-13H2,1-2H3/t16-,18+,20-/m1/s1. The normalized spacial score (nSPS) is 31.7. The number of benzene rings is 1. The van der Waals surface area contributed by atoms with Gasteiger partial charge in [-0.1, -0.05) is 12.1 Å². The summed E-state index contributed by atoms with van der Waals surface area (Å²) in [5.41, 5.74) is 2.24. The first-order valence-corrected chi connectivity index (χ1v) is 9.12. The Kier molecular flexibility index (Phi) is 4.48. The fraction of sp³-hybridized carbons (Fsp3) is 0.600. The number of methoxy groups -OCH3 is 2. The van der Waals surface area contributed by atoms with Crippen molar-refractivity contribution in [2.75, 3.05) is 33.9 Å². The third-order valence-corrected chi connectivity index (χ3v) is 6.07. The van der Waals surface area contributed by atoms with E-state index in [9.17, 15) is 5.11 Å². The molecule has 2 fully saturated rings. The van der Waals surface area contributed by atoms with Gasteiger partial charge >= 0.3 is 0 Å². The van der Waals surface area contributed by atoms with E-state index in [1.165, 1.54) is 5.57 Å². The molecule has 3 atom stereocenters. The molecule has 0 bridgehead atoms. The summed E-state index contributed by atoms with van der Waals surface area (Å²) in [7, 11) is 3.49. The van der Waals surface area contributed by atoms with E-state index >= 15 is 0 Å². The lowest BCUT2D eigenvalue weighted by Gasteiger charge is -2.42. The van der Waals surface area contributed by atoms with Crippen molar-refractivity contribution in [2.24, 2.45) is 0 Å². The highest BCUT2D eigenvalue weighted by Crippen LogP contribution is 2.43. The van der Waals surface area contributed by atoms with Crippen LogP contribution >= 0.6 is 0 Å². The van der Waals surface area contributed by atoms with Crippen LogP contribution in [0, 0.1) is 0 Å². The number of aliphatic hydroxyl groups excluding tert-OH is 1. The molecule has 0 radical (unpaired) electrons. The summed E-state index contributed by atoms with van der Waals surface area (Å²) in [6.07, 6.45) is 5.63. The van der Waals surface area contributed by atoms with Gasteiger partial charge in [0.2, 0.25) is 0 Å². The fourth-order valence-electron chi connectivity index (χ4n) is 4.70. The molecule has 1 saturated carbocycles. The van der Waals surface area contributed by atoms with Crippen LogP contribution in [0.25, 0.3) is 6.08 Å². The molecule has 5 nitrogen and oxygen atoms in total. The second kappa shape index (κ2) is 6.63. The topological polar surface area (TPSA) is 51.2 Å². The van der Waals surface area contributed by atoms with Crippen LogP contribution in [-0.4, -0.2) is 61.7 Å². The van der Waals surface area contributed by atoms with Gasteiger partial charge in [-0.05, 0) is 43.4 Å². The minimum Gasteiger partial charge on any atom is -0.493 e. The van der Waals surface area contributed by atoms with Crippen molar-refractivity contribution in [1.82, 2.24) is 4.90 Å². The van der Waals surface area contributed by atoms with Crippen molar-refractivity contribution in [3.05, 3.63) is 29.3 Å². The van der Waals surface area contributed by atoms with Gasteiger partial charge in [0, 0.05) is 31.8 Å². The van der Waals surface area contributed by atoms with E-state index in [1.807, 2.05) is 19.2 Å². The van der Waals surface area contributed by atoms with Crippen molar-refractivity contribution in [1.29, 1.82) is 0 Å². The van der Waals surface area contributed by atoms with E-state index in [2.05, 4.69) is 17.0 Å². The minimum absolute atomic E-state index is 0.0869. The Morgan fingerprint density at radius 1 is 1.32 bits per heavy atom. The maximum atomic E-state index is 10.1. The number of rotatable bonds is 4. The second-order valence-corrected chi connectivity index (χ2v) is 7.40. The molecule has 0 spiro atoms. The Morgan fingerprint density at radius 3 is 3.00 bits per heavy atom. The Labute approximate surface area is 149 Å². The highest BCUT2D eigenvalue weighted by atomic mass is 16.5. The summed E-state index contributed by atoms with van der Waals surface area (Å²) in [5, 5.41) is 10.1. The molecule has 1 aliphatic carbocycles. The van der Waals surface area contributed by atoms with Crippen LogP contribution in [0.4, 0.5) is 0 Å². The third kappa shape index (κ3) is 2.94.